The molecule has 0 bridgehead atoms. The second-order valence-electron chi connectivity index (χ2n) is 8.24. The number of esters is 1. The Balaban J connectivity index is 1.44. The maximum atomic E-state index is 13.2. The molecule has 1 fully saturated rings. The number of piperazine rings is 1. The molecule has 174 valence electrons. The number of amides is 1. The van der Waals surface area contributed by atoms with Crippen molar-refractivity contribution >= 4 is 28.5 Å². The Morgan fingerprint density at radius 1 is 1.06 bits per heavy atom. The number of H-pyrrole nitrogens is 1. The molecule has 33 heavy (non-hydrogen) atoms. The number of aromatic nitrogens is 1. The smallest absolute Gasteiger partial charge is 0.356 e. The van der Waals surface area contributed by atoms with E-state index in [2.05, 4.69) is 44.4 Å². The maximum absolute atomic E-state index is 13.2. The van der Waals surface area contributed by atoms with Crippen LogP contribution < -0.4 is 10.1 Å². The van der Waals surface area contributed by atoms with Crippen LogP contribution in [0.2, 0.25) is 0 Å². The lowest BCUT2D eigenvalue weighted by molar-refractivity contribution is -0.121. The third kappa shape index (κ3) is 5.02. The Morgan fingerprint density at radius 2 is 1.79 bits per heavy atom. The normalized spacial score (nSPS) is 15.8. The van der Waals surface area contributed by atoms with Crippen LogP contribution in [0.1, 0.15) is 23.0 Å². The molecule has 1 aromatic heterocycles. The molecule has 4 rings (SSSR count). The summed E-state index contributed by atoms with van der Waals surface area (Å²) in [5.74, 6) is -0.0455. The summed E-state index contributed by atoms with van der Waals surface area (Å²) in [5, 5.41) is 3.69. The van der Waals surface area contributed by atoms with Crippen molar-refractivity contribution in [3.8, 4) is 5.75 Å². The van der Waals surface area contributed by atoms with E-state index in [4.69, 9.17) is 9.47 Å². The van der Waals surface area contributed by atoms with Crippen LogP contribution in [0.15, 0.2) is 48.5 Å². The largest absolute Gasteiger partial charge is 0.497 e. The van der Waals surface area contributed by atoms with Gasteiger partial charge in [-0.25, -0.2) is 4.79 Å². The summed E-state index contributed by atoms with van der Waals surface area (Å²) in [5.41, 5.74) is 2.63. The number of anilines is 1. The lowest BCUT2D eigenvalue weighted by atomic mass is 10.1. The van der Waals surface area contributed by atoms with Gasteiger partial charge in [0.1, 0.15) is 11.4 Å². The highest BCUT2D eigenvalue weighted by atomic mass is 16.5. The van der Waals surface area contributed by atoms with Crippen molar-refractivity contribution in [2.24, 2.45) is 0 Å². The zero-order valence-corrected chi connectivity index (χ0v) is 19.3. The van der Waals surface area contributed by atoms with Gasteiger partial charge in [-0.05, 0) is 24.6 Å². The predicted octanol–water partition coefficient (Wildman–Crippen LogP) is 3.11. The van der Waals surface area contributed by atoms with E-state index in [0.29, 0.717) is 17.0 Å². The fraction of sp³-hybridized carbons (Fsp3) is 0.360. The molecule has 3 aromatic rings. The van der Waals surface area contributed by atoms with Crippen LogP contribution in [0.5, 0.6) is 5.75 Å². The third-order valence-electron chi connectivity index (χ3n) is 6.23. The Morgan fingerprint density at radius 3 is 2.45 bits per heavy atom. The molecule has 1 aliphatic heterocycles. The van der Waals surface area contributed by atoms with E-state index in [1.807, 2.05) is 19.1 Å². The zero-order chi connectivity index (χ0) is 23.4. The number of ether oxygens (including phenoxy) is 2. The van der Waals surface area contributed by atoms with E-state index in [9.17, 15) is 9.59 Å². The van der Waals surface area contributed by atoms with Crippen LogP contribution in [-0.4, -0.2) is 73.1 Å². The number of methoxy groups -OCH3 is 2. The molecule has 2 heterocycles. The number of hydrogen-bond donors (Lipinski definition) is 2. The highest BCUT2D eigenvalue weighted by Gasteiger charge is 2.28. The standard InChI is InChI=1S/C25H30N4O4/c1-17(29-13-11-28(12-14-29)16-18-7-5-4-6-8-18)24(30)27-22-20-10-9-19(32-2)15-21(20)26-23(22)25(31)33-3/h4-10,15,17,26H,11-14,16H2,1-3H3,(H,27,30)/t17-/m0/s1. The van der Waals surface area contributed by atoms with E-state index < -0.39 is 5.97 Å². The monoisotopic (exact) mass is 450 g/mol. The van der Waals surface area contributed by atoms with Gasteiger partial charge in [-0.15, -0.1) is 0 Å². The molecule has 0 radical (unpaired) electrons. The second kappa shape index (κ2) is 10.1. The van der Waals surface area contributed by atoms with E-state index in [1.54, 1.807) is 19.2 Å². The summed E-state index contributed by atoms with van der Waals surface area (Å²) < 4.78 is 10.2. The molecular formula is C25H30N4O4. The molecule has 8 nitrogen and oxygen atoms in total. The topological polar surface area (TPSA) is 86.9 Å². The average molecular weight is 451 g/mol. The van der Waals surface area contributed by atoms with E-state index in [1.165, 1.54) is 12.7 Å². The van der Waals surface area contributed by atoms with E-state index in [0.717, 1.165) is 38.1 Å². The lowest BCUT2D eigenvalue weighted by Gasteiger charge is -2.37. The molecule has 0 saturated carbocycles. The minimum Gasteiger partial charge on any atom is -0.497 e. The van der Waals surface area contributed by atoms with Gasteiger partial charge in [0.25, 0.3) is 0 Å². The van der Waals surface area contributed by atoms with Gasteiger partial charge in [-0.3, -0.25) is 14.6 Å². The third-order valence-corrected chi connectivity index (χ3v) is 6.23. The first-order chi connectivity index (χ1) is 16.0. The predicted molar refractivity (Wildman–Crippen MR) is 128 cm³/mol. The van der Waals surface area contributed by atoms with Gasteiger partial charge in [0.05, 0.1) is 31.5 Å². The maximum Gasteiger partial charge on any atom is 0.356 e. The van der Waals surface area contributed by atoms with Gasteiger partial charge in [0, 0.05) is 44.2 Å². The Hall–Kier alpha value is -3.36. The number of fused-ring (bicyclic) bond motifs is 1. The van der Waals surface area contributed by atoms with Crippen molar-refractivity contribution in [2.75, 3.05) is 45.7 Å². The van der Waals surface area contributed by atoms with Crippen molar-refractivity contribution in [2.45, 2.75) is 19.5 Å². The summed E-state index contributed by atoms with van der Waals surface area (Å²) in [6.45, 7) is 6.21. The van der Waals surface area contributed by atoms with Crippen LogP contribution in [0.3, 0.4) is 0 Å². The van der Waals surface area contributed by atoms with Gasteiger partial charge in [-0.2, -0.15) is 0 Å². The molecule has 1 saturated heterocycles. The zero-order valence-electron chi connectivity index (χ0n) is 19.3. The molecular weight excluding hydrogens is 420 g/mol. The number of hydrogen-bond acceptors (Lipinski definition) is 6. The van der Waals surface area contributed by atoms with Crippen molar-refractivity contribution in [3.63, 3.8) is 0 Å². The van der Waals surface area contributed by atoms with Crippen molar-refractivity contribution in [3.05, 3.63) is 59.8 Å². The van der Waals surface area contributed by atoms with E-state index >= 15 is 0 Å². The minimum atomic E-state index is -0.539. The Kier molecular flexibility index (Phi) is 6.96. The first-order valence-corrected chi connectivity index (χ1v) is 11.1. The SMILES string of the molecule is COC(=O)c1[nH]c2cc(OC)ccc2c1NC(=O)[C@H](C)N1CCN(Cc2ccccc2)CC1. The Labute approximate surface area is 193 Å². The van der Waals surface area contributed by atoms with Crippen LogP contribution in [0.25, 0.3) is 10.9 Å². The lowest BCUT2D eigenvalue weighted by Crippen LogP contribution is -2.52. The molecule has 0 aliphatic carbocycles. The van der Waals surface area contributed by atoms with Gasteiger partial charge in [-0.1, -0.05) is 30.3 Å². The summed E-state index contributed by atoms with van der Waals surface area (Å²) in [6, 6.07) is 15.5. The molecule has 1 atom stereocenters. The van der Waals surface area contributed by atoms with E-state index in [-0.39, 0.29) is 17.6 Å². The molecule has 1 aliphatic rings. The highest BCUT2D eigenvalue weighted by molar-refractivity contribution is 6.11. The molecule has 2 N–H and O–H groups in total. The van der Waals surface area contributed by atoms with Gasteiger partial charge in [0.2, 0.25) is 5.91 Å². The number of nitrogens with zero attached hydrogens (tertiary/aromatic N) is 2. The van der Waals surface area contributed by atoms with Crippen molar-refractivity contribution < 1.29 is 19.1 Å². The van der Waals surface area contributed by atoms with Crippen LogP contribution in [-0.2, 0) is 16.1 Å². The first kappa shape index (κ1) is 22.8. The fourth-order valence-corrected chi connectivity index (χ4v) is 4.23. The first-order valence-electron chi connectivity index (χ1n) is 11.1. The number of carbonyl (C=O) groups is 2. The Bertz CT molecular complexity index is 1120. The molecule has 8 heteroatoms. The molecule has 1 amide bonds. The molecule has 0 unspecified atom stereocenters. The molecule has 0 spiro atoms. The number of carbonyl (C=O) groups excluding carboxylic acids is 2. The van der Waals surface area contributed by atoms with Crippen molar-refractivity contribution in [1.82, 2.24) is 14.8 Å². The van der Waals surface area contributed by atoms with Gasteiger partial charge < -0.3 is 19.8 Å². The quantitative estimate of drug-likeness (QED) is 0.538. The number of benzene rings is 2. The van der Waals surface area contributed by atoms with Crippen LogP contribution in [0, 0.1) is 0 Å². The number of nitrogens with one attached hydrogen (secondary N) is 2. The van der Waals surface area contributed by atoms with Gasteiger partial charge in [0.15, 0.2) is 0 Å². The summed E-state index contributed by atoms with van der Waals surface area (Å²) in [6.07, 6.45) is 0. The average Bonchev–Trinajstić information content (AvgIpc) is 3.21. The highest BCUT2D eigenvalue weighted by Crippen LogP contribution is 2.31. The van der Waals surface area contributed by atoms with Crippen LogP contribution in [0.4, 0.5) is 5.69 Å². The summed E-state index contributed by atoms with van der Waals surface area (Å²) in [7, 11) is 2.90. The number of rotatable bonds is 7. The number of aromatic amines is 1. The second-order valence-corrected chi connectivity index (χ2v) is 8.24. The fourth-order valence-electron chi connectivity index (χ4n) is 4.23. The summed E-state index contributed by atoms with van der Waals surface area (Å²) >= 11 is 0. The van der Waals surface area contributed by atoms with Gasteiger partial charge >= 0.3 is 5.97 Å². The van der Waals surface area contributed by atoms with Crippen LogP contribution >= 0.6 is 0 Å². The van der Waals surface area contributed by atoms with Crippen molar-refractivity contribution in [1.29, 1.82) is 0 Å². The minimum absolute atomic E-state index is 0.159. The molecule has 2 aromatic carbocycles. The summed E-state index contributed by atoms with van der Waals surface area (Å²) in [4.78, 5) is 33.1.